The van der Waals surface area contributed by atoms with E-state index in [0.29, 0.717) is 16.9 Å². The normalized spacial score (nSPS) is 12.9. The molecule has 0 fully saturated rings. The summed E-state index contributed by atoms with van der Waals surface area (Å²) in [6.07, 6.45) is 1.49. The van der Waals surface area contributed by atoms with Crippen LogP contribution in [0.5, 0.6) is 0 Å². The third-order valence-corrected chi connectivity index (χ3v) is 5.00. The second kappa shape index (κ2) is 7.16. The zero-order valence-electron chi connectivity index (χ0n) is 13.5. The first-order chi connectivity index (χ1) is 11.9. The van der Waals surface area contributed by atoms with Gasteiger partial charge in [-0.2, -0.15) is 0 Å². The fourth-order valence-corrected chi connectivity index (χ4v) is 3.74. The van der Waals surface area contributed by atoms with Crippen LogP contribution in [-0.2, 0) is 15.8 Å². The lowest BCUT2D eigenvalue weighted by molar-refractivity contribution is 0.452. The van der Waals surface area contributed by atoms with E-state index in [2.05, 4.69) is 9.71 Å². The van der Waals surface area contributed by atoms with Crippen molar-refractivity contribution in [3.8, 4) is 11.3 Å². The number of hydrogen-bond acceptors (Lipinski definition) is 4. The van der Waals surface area contributed by atoms with Crippen molar-refractivity contribution in [1.29, 1.82) is 0 Å². The molecule has 1 unspecified atom stereocenters. The number of rotatable bonds is 6. The molecule has 1 N–H and O–H groups in total. The molecule has 2 aromatic carbocycles. The van der Waals surface area contributed by atoms with Gasteiger partial charge < -0.3 is 4.42 Å². The first-order valence-corrected chi connectivity index (χ1v) is 9.34. The van der Waals surface area contributed by atoms with Crippen LogP contribution in [0.1, 0.15) is 24.4 Å². The van der Waals surface area contributed by atoms with Crippen molar-refractivity contribution in [2.75, 3.05) is 0 Å². The number of benzene rings is 2. The van der Waals surface area contributed by atoms with Gasteiger partial charge in [-0.15, -0.1) is 0 Å². The first-order valence-electron chi connectivity index (χ1n) is 7.68. The van der Waals surface area contributed by atoms with E-state index in [1.165, 1.54) is 18.3 Å². The van der Waals surface area contributed by atoms with Crippen molar-refractivity contribution < 1.29 is 17.2 Å². The number of hydrogen-bond donors (Lipinski definition) is 1. The van der Waals surface area contributed by atoms with Gasteiger partial charge in [0, 0.05) is 5.56 Å². The predicted molar refractivity (Wildman–Crippen MR) is 92.5 cm³/mol. The minimum atomic E-state index is -3.54. The summed E-state index contributed by atoms with van der Waals surface area (Å²) >= 11 is 0. The van der Waals surface area contributed by atoms with E-state index >= 15 is 0 Å². The van der Waals surface area contributed by atoms with Crippen LogP contribution in [0.4, 0.5) is 4.39 Å². The van der Waals surface area contributed by atoms with Crippen molar-refractivity contribution in [3.63, 3.8) is 0 Å². The summed E-state index contributed by atoms with van der Waals surface area (Å²) in [6, 6.07) is 14.1. The minimum absolute atomic E-state index is 0.121. The number of halogens is 1. The molecule has 1 atom stereocenters. The van der Waals surface area contributed by atoms with E-state index < -0.39 is 16.1 Å². The molecule has 1 aromatic heterocycles. The quantitative estimate of drug-likeness (QED) is 0.728. The molecular weight excluding hydrogens is 343 g/mol. The van der Waals surface area contributed by atoms with Crippen LogP contribution in [0.2, 0.25) is 0 Å². The average molecular weight is 360 g/mol. The Hall–Kier alpha value is -2.51. The molecular formula is C18H17FN2O3S. The minimum Gasteiger partial charge on any atom is -0.439 e. The van der Waals surface area contributed by atoms with Crippen LogP contribution in [0, 0.1) is 5.82 Å². The molecule has 0 saturated heterocycles. The fraction of sp³-hybridized carbons (Fsp3) is 0.167. The van der Waals surface area contributed by atoms with Crippen molar-refractivity contribution in [1.82, 2.24) is 9.71 Å². The number of aromatic nitrogens is 1. The molecule has 1 heterocycles. The Kier molecular flexibility index (Phi) is 4.96. The fourth-order valence-electron chi connectivity index (χ4n) is 2.39. The smallest absolute Gasteiger partial charge is 0.216 e. The molecule has 0 amide bonds. The topological polar surface area (TPSA) is 72.2 Å². The zero-order valence-corrected chi connectivity index (χ0v) is 14.3. The van der Waals surface area contributed by atoms with Crippen molar-refractivity contribution in [3.05, 3.63) is 78.1 Å². The summed E-state index contributed by atoms with van der Waals surface area (Å²) in [7, 11) is -3.54. The Morgan fingerprint density at radius 3 is 2.48 bits per heavy atom. The van der Waals surface area contributed by atoms with Crippen LogP contribution in [-0.4, -0.2) is 13.4 Å². The first kappa shape index (κ1) is 17.3. The summed E-state index contributed by atoms with van der Waals surface area (Å²) in [5.41, 5.74) is 1.36. The second-order valence-electron chi connectivity index (χ2n) is 5.65. The highest BCUT2D eigenvalue weighted by Crippen LogP contribution is 2.23. The largest absolute Gasteiger partial charge is 0.439 e. The molecule has 0 saturated carbocycles. The molecule has 0 aliphatic heterocycles. The molecule has 3 rings (SSSR count). The van der Waals surface area contributed by atoms with Crippen LogP contribution in [0.25, 0.3) is 11.3 Å². The van der Waals surface area contributed by atoms with E-state index in [1.807, 2.05) is 6.07 Å². The Morgan fingerprint density at radius 2 is 1.80 bits per heavy atom. The molecule has 0 bridgehead atoms. The van der Waals surface area contributed by atoms with Crippen molar-refractivity contribution in [2.45, 2.75) is 18.7 Å². The van der Waals surface area contributed by atoms with Crippen LogP contribution < -0.4 is 4.72 Å². The lowest BCUT2D eigenvalue weighted by Gasteiger charge is -2.11. The standard InChI is InChI=1S/C18H17FN2O3S/c1-13(21-25(22,23)12-14-5-3-2-4-6-14)18-20-11-17(24-18)15-7-9-16(19)10-8-15/h2-11,13,21H,12H2,1H3. The Balaban J connectivity index is 1.71. The van der Waals surface area contributed by atoms with Gasteiger partial charge in [0.15, 0.2) is 5.76 Å². The van der Waals surface area contributed by atoms with E-state index in [4.69, 9.17) is 4.42 Å². The van der Waals surface area contributed by atoms with Gasteiger partial charge in [-0.1, -0.05) is 30.3 Å². The molecule has 25 heavy (non-hydrogen) atoms. The van der Waals surface area contributed by atoms with Crippen molar-refractivity contribution in [2.24, 2.45) is 0 Å². The summed E-state index contributed by atoms with van der Waals surface area (Å²) in [4.78, 5) is 4.12. The Morgan fingerprint density at radius 1 is 1.12 bits per heavy atom. The highest BCUT2D eigenvalue weighted by Gasteiger charge is 2.20. The molecule has 0 radical (unpaired) electrons. The van der Waals surface area contributed by atoms with Gasteiger partial charge in [-0.3, -0.25) is 0 Å². The van der Waals surface area contributed by atoms with Crippen LogP contribution >= 0.6 is 0 Å². The van der Waals surface area contributed by atoms with Crippen molar-refractivity contribution >= 4 is 10.0 Å². The zero-order chi connectivity index (χ0) is 17.9. The van der Waals surface area contributed by atoms with Gasteiger partial charge >= 0.3 is 0 Å². The highest BCUT2D eigenvalue weighted by molar-refractivity contribution is 7.88. The third-order valence-electron chi connectivity index (χ3n) is 3.58. The highest BCUT2D eigenvalue weighted by atomic mass is 32.2. The second-order valence-corrected chi connectivity index (χ2v) is 7.41. The molecule has 130 valence electrons. The van der Waals surface area contributed by atoms with E-state index in [-0.39, 0.29) is 17.5 Å². The molecule has 5 nitrogen and oxygen atoms in total. The maximum Gasteiger partial charge on any atom is 0.216 e. The Bertz CT molecular complexity index is 938. The number of nitrogens with one attached hydrogen (secondary N) is 1. The lowest BCUT2D eigenvalue weighted by atomic mass is 10.2. The van der Waals surface area contributed by atoms with Gasteiger partial charge in [0.2, 0.25) is 15.9 Å². The lowest BCUT2D eigenvalue weighted by Crippen LogP contribution is -2.28. The molecule has 0 spiro atoms. The monoisotopic (exact) mass is 360 g/mol. The van der Waals surface area contributed by atoms with Gasteiger partial charge in [-0.05, 0) is 36.8 Å². The summed E-state index contributed by atoms with van der Waals surface area (Å²) in [5, 5.41) is 0. The van der Waals surface area contributed by atoms with E-state index in [9.17, 15) is 12.8 Å². The van der Waals surface area contributed by atoms with Gasteiger partial charge in [0.25, 0.3) is 0 Å². The Labute approximate surface area is 145 Å². The SMILES string of the molecule is CC(NS(=O)(=O)Cc1ccccc1)c1ncc(-c2ccc(F)cc2)o1. The molecule has 0 aliphatic carbocycles. The predicted octanol–water partition coefficient (Wildman–Crippen LogP) is 3.66. The molecule has 3 aromatic rings. The van der Waals surface area contributed by atoms with Gasteiger partial charge in [-0.25, -0.2) is 22.5 Å². The van der Waals surface area contributed by atoms with Crippen LogP contribution in [0.15, 0.2) is 65.2 Å². The number of nitrogens with zero attached hydrogens (tertiary/aromatic N) is 1. The molecule has 7 heteroatoms. The van der Waals surface area contributed by atoms with Gasteiger partial charge in [0.05, 0.1) is 18.0 Å². The summed E-state index contributed by atoms with van der Waals surface area (Å²) in [5.74, 6) is 0.231. The maximum absolute atomic E-state index is 13.0. The summed E-state index contributed by atoms with van der Waals surface area (Å²) < 4.78 is 45.7. The van der Waals surface area contributed by atoms with Gasteiger partial charge in [0.1, 0.15) is 5.82 Å². The maximum atomic E-state index is 13.0. The third kappa shape index (κ3) is 4.52. The number of oxazole rings is 1. The summed E-state index contributed by atoms with van der Waals surface area (Å²) in [6.45, 7) is 1.66. The van der Waals surface area contributed by atoms with E-state index in [1.54, 1.807) is 43.3 Å². The number of sulfonamides is 1. The molecule has 0 aliphatic rings. The van der Waals surface area contributed by atoms with Crippen LogP contribution in [0.3, 0.4) is 0 Å². The average Bonchev–Trinajstić information content (AvgIpc) is 3.06. The van der Waals surface area contributed by atoms with E-state index in [0.717, 1.165) is 0 Å².